The number of H-pyrrole nitrogens is 1. The average Bonchev–Trinajstić information content (AvgIpc) is 3.00. The van der Waals surface area contributed by atoms with E-state index in [2.05, 4.69) is 10.3 Å². The van der Waals surface area contributed by atoms with E-state index in [4.69, 9.17) is 4.74 Å². The van der Waals surface area contributed by atoms with Crippen LogP contribution >= 0.6 is 0 Å². The molecule has 3 rings (SSSR count). The van der Waals surface area contributed by atoms with Crippen molar-refractivity contribution in [3.63, 3.8) is 0 Å². The van der Waals surface area contributed by atoms with Crippen LogP contribution in [0.25, 0.3) is 10.9 Å². The van der Waals surface area contributed by atoms with Gasteiger partial charge in [-0.15, -0.1) is 0 Å². The maximum absolute atomic E-state index is 11.6. The Morgan fingerprint density at radius 3 is 2.68 bits per heavy atom. The highest BCUT2D eigenvalue weighted by Crippen LogP contribution is 2.22. The quantitative estimate of drug-likeness (QED) is 0.431. The van der Waals surface area contributed by atoms with Crippen LogP contribution in [0.4, 0.5) is 0 Å². The molecule has 1 aromatic heterocycles. The normalized spacial score (nSPS) is 31.1. The number of carbonyl (C=O) groups is 1. The number of aliphatic hydroxyl groups excluding tert-OH is 3. The van der Waals surface area contributed by atoms with Crippen molar-refractivity contribution in [3.05, 3.63) is 36.0 Å². The molecule has 1 fully saturated rings. The summed E-state index contributed by atoms with van der Waals surface area (Å²) in [4.78, 5) is 14.7. The van der Waals surface area contributed by atoms with E-state index in [0.29, 0.717) is 0 Å². The van der Waals surface area contributed by atoms with Gasteiger partial charge in [-0.2, -0.15) is 0 Å². The number of rotatable bonds is 5. The van der Waals surface area contributed by atoms with E-state index in [1.807, 2.05) is 24.3 Å². The molecule has 6 atom stereocenters. The van der Waals surface area contributed by atoms with E-state index in [1.54, 1.807) is 13.1 Å². The number of aliphatic carboxylic acids is 1. The number of benzene rings is 1. The molecule has 1 unspecified atom stereocenters. The topological polar surface area (TPSA) is 135 Å². The fraction of sp³-hybridized carbons (Fsp3) is 0.471. The first-order valence-corrected chi connectivity index (χ1v) is 8.12. The summed E-state index contributed by atoms with van der Waals surface area (Å²) >= 11 is 0. The maximum atomic E-state index is 11.6. The number of aromatic amines is 1. The molecular weight excluding hydrogens is 328 g/mol. The SMILES string of the molecule is C[C@@H]1OC(N[C@@H](Cc2c[nH]c3ccccc23)C(=O)O)[C@@H](O)[C@H](O)[C@@H]1O. The molecule has 1 aromatic carbocycles. The third kappa shape index (κ3) is 3.53. The van der Waals surface area contributed by atoms with Crippen LogP contribution in [0.5, 0.6) is 0 Å². The summed E-state index contributed by atoms with van der Waals surface area (Å²) in [6.07, 6.45) is -4.00. The summed E-state index contributed by atoms with van der Waals surface area (Å²) < 4.78 is 5.43. The molecule has 0 aliphatic carbocycles. The average molecular weight is 350 g/mol. The Kier molecular flexibility index (Phi) is 5.07. The van der Waals surface area contributed by atoms with Crippen molar-refractivity contribution in [1.29, 1.82) is 0 Å². The molecular formula is C17H22N2O6. The standard InChI is InChI=1S/C17H22N2O6/c1-8-13(20)14(21)15(22)16(25-8)19-12(17(23)24)6-9-7-18-11-5-3-2-4-10(9)11/h2-5,7-8,12-16,18-22H,6H2,1H3,(H,23,24)/t8-,12-,13+,14+,15-,16?/m0/s1. The number of aliphatic hydroxyl groups is 3. The van der Waals surface area contributed by atoms with Crippen LogP contribution < -0.4 is 5.32 Å². The first-order chi connectivity index (χ1) is 11.9. The van der Waals surface area contributed by atoms with Crippen molar-refractivity contribution in [1.82, 2.24) is 10.3 Å². The first kappa shape index (κ1) is 17.8. The van der Waals surface area contributed by atoms with Gasteiger partial charge in [0.2, 0.25) is 0 Å². The Hall–Kier alpha value is -1.97. The van der Waals surface area contributed by atoms with Gasteiger partial charge in [0.1, 0.15) is 30.6 Å². The maximum Gasteiger partial charge on any atom is 0.321 e. The zero-order chi connectivity index (χ0) is 18.1. The summed E-state index contributed by atoms with van der Waals surface area (Å²) in [6.45, 7) is 1.55. The van der Waals surface area contributed by atoms with Gasteiger partial charge in [0.15, 0.2) is 0 Å². The fourth-order valence-electron chi connectivity index (χ4n) is 3.13. The predicted octanol–water partition coefficient (Wildman–Crippen LogP) is -0.419. The molecule has 25 heavy (non-hydrogen) atoms. The Morgan fingerprint density at radius 2 is 1.96 bits per heavy atom. The number of hydrogen-bond donors (Lipinski definition) is 6. The number of carboxylic acids is 1. The summed E-state index contributed by atoms with van der Waals surface area (Å²) in [5, 5.41) is 42.8. The van der Waals surface area contributed by atoms with Crippen LogP contribution in [0, 0.1) is 0 Å². The summed E-state index contributed by atoms with van der Waals surface area (Å²) in [5.41, 5.74) is 1.72. The molecule has 0 bridgehead atoms. The Bertz CT molecular complexity index is 748. The number of hydrogen-bond acceptors (Lipinski definition) is 6. The lowest BCUT2D eigenvalue weighted by atomic mass is 9.98. The second-order valence-electron chi connectivity index (χ2n) is 6.35. The van der Waals surface area contributed by atoms with Crippen molar-refractivity contribution < 1.29 is 30.0 Å². The van der Waals surface area contributed by atoms with Crippen molar-refractivity contribution in [2.24, 2.45) is 0 Å². The Morgan fingerprint density at radius 1 is 1.24 bits per heavy atom. The largest absolute Gasteiger partial charge is 0.480 e. The van der Waals surface area contributed by atoms with Gasteiger partial charge in [-0.25, -0.2) is 0 Å². The predicted molar refractivity (Wildman–Crippen MR) is 88.9 cm³/mol. The van der Waals surface area contributed by atoms with Gasteiger partial charge in [-0.1, -0.05) is 18.2 Å². The number of ether oxygens (including phenoxy) is 1. The Balaban J connectivity index is 1.77. The molecule has 6 N–H and O–H groups in total. The molecule has 1 aliphatic heterocycles. The number of fused-ring (bicyclic) bond motifs is 1. The minimum atomic E-state index is -1.43. The zero-order valence-corrected chi connectivity index (χ0v) is 13.7. The second kappa shape index (κ2) is 7.11. The van der Waals surface area contributed by atoms with Crippen molar-refractivity contribution in [3.8, 4) is 0 Å². The minimum Gasteiger partial charge on any atom is -0.480 e. The van der Waals surface area contributed by atoms with Crippen LogP contribution in [-0.4, -0.2) is 68.1 Å². The van der Waals surface area contributed by atoms with Crippen LogP contribution in [0.2, 0.25) is 0 Å². The number of carboxylic acid groups (broad SMARTS) is 1. The van der Waals surface area contributed by atoms with E-state index in [1.165, 1.54) is 0 Å². The molecule has 8 heteroatoms. The Labute approximate surface area is 144 Å². The van der Waals surface area contributed by atoms with E-state index >= 15 is 0 Å². The number of para-hydroxylation sites is 1. The summed E-state index contributed by atoms with van der Waals surface area (Å²) in [5.74, 6) is -1.10. The number of nitrogens with one attached hydrogen (secondary N) is 2. The highest BCUT2D eigenvalue weighted by Gasteiger charge is 2.43. The van der Waals surface area contributed by atoms with Crippen LogP contribution in [0.15, 0.2) is 30.5 Å². The van der Waals surface area contributed by atoms with Gasteiger partial charge in [-0.3, -0.25) is 10.1 Å². The van der Waals surface area contributed by atoms with Crippen molar-refractivity contribution in [2.75, 3.05) is 0 Å². The van der Waals surface area contributed by atoms with Crippen LogP contribution in [0.3, 0.4) is 0 Å². The van der Waals surface area contributed by atoms with Crippen molar-refractivity contribution >= 4 is 16.9 Å². The third-order valence-electron chi connectivity index (χ3n) is 4.61. The van der Waals surface area contributed by atoms with Crippen LogP contribution in [0.1, 0.15) is 12.5 Å². The molecule has 2 heterocycles. The summed E-state index contributed by atoms with van der Waals surface area (Å²) in [7, 11) is 0. The van der Waals surface area contributed by atoms with Gasteiger partial charge in [-0.05, 0) is 18.6 Å². The smallest absolute Gasteiger partial charge is 0.321 e. The van der Waals surface area contributed by atoms with Gasteiger partial charge < -0.3 is 30.1 Å². The molecule has 1 aliphatic rings. The lowest BCUT2D eigenvalue weighted by Gasteiger charge is -2.40. The van der Waals surface area contributed by atoms with Gasteiger partial charge >= 0.3 is 5.97 Å². The van der Waals surface area contributed by atoms with Gasteiger partial charge in [0, 0.05) is 23.5 Å². The molecule has 2 aromatic rings. The van der Waals surface area contributed by atoms with Crippen molar-refractivity contribution in [2.45, 2.75) is 50.0 Å². The molecule has 0 amide bonds. The first-order valence-electron chi connectivity index (χ1n) is 8.12. The third-order valence-corrected chi connectivity index (χ3v) is 4.61. The van der Waals surface area contributed by atoms with Crippen LogP contribution in [-0.2, 0) is 16.0 Å². The summed E-state index contributed by atoms with van der Waals surface area (Å²) in [6, 6.07) is 6.52. The number of aromatic nitrogens is 1. The second-order valence-corrected chi connectivity index (χ2v) is 6.35. The molecule has 1 saturated heterocycles. The zero-order valence-electron chi connectivity index (χ0n) is 13.7. The lowest BCUT2D eigenvalue weighted by Crippen LogP contribution is -2.63. The highest BCUT2D eigenvalue weighted by atomic mass is 16.5. The fourth-order valence-corrected chi connectivity index (χ4v) is 3.13. The van der Waals surface area contributed by atoms with E-state index in [9.17, 15) is 25.2 Å². The molecule has 0 radical (unpaired) electrons. The van der Waals surface area contributed by atoms with Gasteiger partial charge in [0.25, 0.3) is 0 Å². The molecule has 0 saturated carbocycles. The molecule has 8 nitrogen and oxygen atoms in total. The van der Waals surface area contributed by atoms with Gasteiger partial charge in [0.05, 0.1) is 6.10 Å². The lowest BCUT2D eigenvalue weighted by molar-refractivity contribution is -0.227. The highest BCUT2D eigenvalue weighted by molar-refractivity contribution is 5.84. The van der Waals surface area contributed by atoms with E-state index in [0.717, 1.165) is 16.5 Å². The monoisotopic (exact) mass is 350 g/mol. The molecule has 0 spiro atoms. The molecule has 136 valence electrons. The van der Waals surface area contributed by atoms with E-state index < -0.39 is 42.7 Å². The van der Waals surface area contributed by atoms with E-state index in [-0.39, 0.29) is 6.42 Å². The minimum absolute atomic E-state index is 0.166.